The minimum Gasteiger partial charge on any atom is -0.489 e. The summed E-state index contributed by atoms with van der Waals surface area (Å²) in [5.41, 5.74) is 2.78. The Bertz CT molecular complexity index is 1340. The van der Waals surface area contributed by atoms with E-state index in [4.69, 9.17) is 32.7 Å². The molecule has 0 bridgehead atoms. The molecule has 3 aromatic rings. The molecule has 0 radical (unpaired) electrons. The lowest BCUT2D eigenvalue weighted by atomic mass is 10.2. The summed E-state index contributed by atoms with van der Waals surface area (Å²) in [4.78, 5) is 31.2. The standard InChI is InChI=1S/C27H22Cl2N2O4S/c1-3-34-26(33)18-7-10-21(11-8-18)30-27-31(2)25(32)24(36-27)14-17-4-12-22(13-5-17)35-16-19-6-9-20(28)15-23(19)29/h4-15H,3,16H2,1-2H3/b24-14+,30-27?. The van der Waals surface area contributed by atoms with Gasteiger partial charge >= 0.3 is 5.97 Å². The number of thioether (sulfide) groups is 1. The first kappa shape index (κ1) is 25.8. The third-order valence-corrected chi connectivity index (χ3v) is 6.84. The third kappa shape index (κ3) is 6.29. The van der Waals surface area contributed by atoms with Crippen LogP contribution >= 0.6 is 35.0 Å². The zero-order chi connectivity index (χ0) is 25.7. The number of ether oxygens (including phenoxy) is 2. The number of nitrogens with zero attached hydrogens (tertiary/aromatic N) is 2. The Balaban J connectivity index is 1.42. The van der Waals surface area contributed by atoms with Crippen LogP contribution in [0.2, 0.25) is 10.0 Å². The number of amidine groups is 1. The fourth-order valence-corrected chi connectivity index (χ4v) is 4.71. The van der Waals surface area contributed by atoms with Crippen LogP contribution in [0, 0.1) is 0 Å². The molecule has 1 fully saturated rings. The van der Waals surface area contributed by atoms with Crippen molar-refractivity contribution >= 4 is 63.8 Å². The van der Waals surface area contributed by atoms with Gasteiger partial charge in [-0.1, -0.05) is 41.4 Å². The molecule has 0 aliphatic carbocycles. The maximum absolute atomic E-state index is 12.8. The summed E-state index contributed by atoms with van der Waals surface area (Å²) in [6.45, 7) is 2.39. The van der Waals surface area contributed by atoms with E-state index in [-0.39, 0.29) is 11.9 Å². The van der Waals surface area contributed by atoms with E-state index < -0.39 is 0 Å². The molecule has 1 heterocycles. The lowest BCUT2D eigenvalue weighted by Crippen LogP contribution is -2.23. The number of esters is 1. The second-order valence-corrected chi connectivity index (χ2v) is 9.58. The number of carbonyl (C=O) groups is 2. The van der Waals surface area contributed by atoms with Gasteiger partial charge in [0.15, 0.2) is 5.17 Å². The van der Waals surface area contributed by atoms with E-state index in [0.717, 1.165) is 11.1 Å². The van der Waals surface area contributed by atoms with Gasteiger partial charge in [0.1, 0.15) is 12.4 Å². The SMILES string of the molecule is CCOC(=O)c1ccc(N=C2S/C(=C/c3ccc(OCc4ccc(Cl)cc4Cl)cc3)C(=O)N2C)cc1. The molecule has 0 saturated carbocycles. The third-order valence-electron chi connectivity index (χ3n) is 5.19. The van der Waals surface area contributed by atoms with Crippen LogP contribution in [0.5, 0.6) is 5.75 Å². The Kier molecular flexibility index (Phi) is 8.36. The number of rotatable bonds is 7. The zero-order valence-corrected chi connectivity index (χ0v) is 21.9. The van der Waals surface area contributed by atoms with Crippen molar-refractivity contribution in [3.63, 3.8) is 0 Å². The molecule has 0 unspecified atom stereocenters. The fourth-order valence-electron chi connectivity index (χ4n) is 3.26. The van der Waals surface area contributed by atoms with E-state index >= 15 is 0 Å². The van der Waals surface area contributed by atoms with Crippen molar-refractivity contribution in [1.29, 1.82) is 0 Å². The van der Waals surface area contributed by atoms with Crippen molar-refractivity contribution in [3.05, 3.63) is 98.4 Å². The summed E-state index contributed by atoms with van der Waals surface area (Å²) in [5, 5.41) is 1.68. The van der Waals surface area contributed by atoms with Crippen LogP contribution in [0.1, 0.15) is 28.4 Å². The number of carbonyl (C=O) groups excluding carboxylic acids is 2. The van der Waals surface area contributed by atoms with Gasteiger partial charge in [-0.3, -0.25) is 9.69 Å². The Morgan fingerprint density at radius 1 is 1.06 bits per heavy atom. The molecule has 36 heavy (non-hydrogen) atoms. The first-order chi connectivity index (χ1) is 17.3. The van der Waals surface area contributed by atoms with Crippen molar-refractivity contribution in [2.45, 2.75) is 13.5 Å². The highest BCUT2D eigenvalue weighted by Crippen LogP contribution is 2.33. The van der Waals surface area contributed by atoms with Crippen LogP contribution in [0.15, 0.2) is 76.6 Å². The number of hydrogen-bond acceptors (Lipinski definition) is 6. The number of hydrogen-bond donors (Lipinski definition) is 0. The molecule has 0 N–H and O–H groups in total. The second-order valence-electron chi connectivity index (χ2n) is 7.73. The monoisotopic (exact) mass is 540 g/mol. The van der Waals surface area contributed by atoms with Gasteiger partial charge in [0, 0.05) is 22.7 Å². The minimum absolute atomic E-state index is 0.139. The molecule has 1 aliphatic rings. The maximum atomic E-state index is 12.8. The number of halogens is 2. The fraction of sp³-hybridized carbons (Fsp3) is 0.148. The largest absolute Gasteiger partial charge is 0.489 e. The summed E-state index contributed by atoms with van der Waals surface area (Å²) in [6, 6.07) is 19.5. The average Bonchev–Trinajstić information content (AvgIpc) is 3.12. The lowest BCUT2D eigenvalue weighted by Gasteiger charge is -2.08. The molecule has 0 atom stereocenters. The van der Waals surface area contributed by atoms with Crippen molar-refractivity contribution in [2.75, 3.05) is 13.7 Å². The van der Waals surface area contributed by atoms with Gasteiger partial charge in [-0.2, -0.15) is 0 Å². The highest BCUT2D eigenvalue weighted by atomic mass is 35.5. The Hall–Kier alpha value is -3.26. The van der Waals surface area contributed by atoms with Crippen LogP contribution < -0.4 is 4.74 Å². The minimum atomic E-state index is -0.380. The van der Waals surface area contributed by atoms with Crippen molar-refractivity contribution in [3.8, 4) is 5.75 Å². The molecule has 184 valence electrons. The molecule has 1 saturated heterocycles. The van der Waals surface area contributed by atoms with E-state index in [0.29, 0.717) is 50.3 Å². The number of likely N-dealkylation sites (N-methyl/N-ethyl adjacent to an activating group) is 1. The van der Waals surface area contributed by atoms with E-state index in [1.165, 1.54) is 16.7 Å². The second kappa shape index (κ2) is 11.6. The van der Waals surface area contributed by atoms with Gasteiger partial charge in [-0.15, -0.1) is 0 Å². The summed E-state index contributed by atoms with van der Waals surface area (Å²) in [6.07, 6.45) is 1.82. The molecule has 6 nitrogen and oxygen atoms in total. The van der Waals surface area contributed by atoms with Crippen molar-refractivity contribution in [1.82, 2.24) is 4.90 Å². The predicted octanol–water partition coefficient (Wildman–Crippen LogP) is 6.98. The van der Waals surface area contributed by atoms with Crippen LogP contribution in [-0.4, -0.2) is 35.6 Å². The highest BCUT2D eigenvalue weighted by Gasteiger charge is 2.30. The number of benzene rings is 3. The topological polar surface area (TPSA) is 68.2 Å². The average molecular weight is 541 g/mol. The van der Waals surface area contributed by atoms with E-state index in [9.17, 15) is 9.59 Å². The highest BCUT2D eigenvalue weighted by molar-refractivity contribution is 8.18. The molecule has 4 rings (SSSR count). The van der Waals surface area contributed by atoms with Gasteiger partial charge in [0.2, 0.25) is 0 Å². The summed E-state index contributed by atoms with van der Waals surface area (Å²) in [5.74, 6) is 0.161. The molecular weight excluding hydrogens is 519 g/mol. The maximum Gasteiger partial charge on any atom is 0.338 e. The Morgan fingerprint density at radius 2 is 1.78 bits per heavy atom. The van der Waals surface area contributed by atoms with Crippen LogP contribution in [0.4, 0.5) is 5.69 Å². The van der Waals surface area contributed by atoms with Crippen LogP contribution in [-0.2, 0) is 16.1 Å². The van der Waals surface area contributed by atoms with Crippen molar-refractivity contribution < 1.29 is 19.1 Å². The molecule has 0 spiro atoms. The zero-order valence-electron chi connectivity index (χ0n) is 19.5. The van der Waals surface area contributed by atoms with Gasteiger partial charge in [-0.25, -0.2) is 9.79 Å². The molecular formula is C27H22Cl2N2O4S. The molecule has 3 aromatic carbocycles. The normalized spacial score (nSPS) is 15.6. The molecule has 0 aromatic heterocycles. The molecule has 1 amide bonds. The Labute approximate surface area is 223 Å². The van der Waals surface area contributed by atoms with Gasteiger partial charge in [-0.05, 0) is 78.9 Å². The first-order valence-electron chi connectivity index (χ1n) is 11.0. The smallest absolute Gasteiger partial charge is 0.338 e. The van der Waals surface area contributed by atoms with Gasteiger partial charge in [0.25, 0.3) is 5.91 Å². The first-order valence-corrected chi connectivity index (χ1v) is 12.6. The van der Waals surface area contributed by atoms with E-state index in [2.05, 4.69) is 4.99 Å². The van der Waals surface area contributed by atoms with Crippen molar-refractivity contribution in [2.24, 2.45) is 4.99 Å². The van der Waals surface area contributed by atoms with E-state index in [1.54, 1.807) is 50.4 Å². The van der Waals surface area contributed by atoms with Crippen LogP contribution in [0.25, 0.3) is 6.08 Å². The molecule has 1 aliphatic heterocycles. The summed E-state index contributed by atoms with van der Waals surface area (Å²) < 4.78 is 10.8. The number of aliphatic imine (C=N–C) groups is 1. The predicted molar refractivity (Wildman–Crippen MR) is 145 cm³/mol. The van der Waals surface area contributed by atoms with Gasteiger partial charge < -0.3 is 9.47 Å². The summed E-state index contributed by atoms with van der Waals surface area (Å²) in [7, 11) is 1.68. The summed E-state index contributed by atoms with van der Waals surface area (Å²) >= 11 is 13.4. The van der Waals surface area contributed by atoms with Crippen LogP contribution in [0.3, 0.4) is 0 Å². The Morgan fingerprint density at radius 3 is 2.44 bits per heavy atom. The van der Waals surface area contributed by atoms with E-state index in [1.807, 2.05) is 36.4 Å². The lowest BCUT2D eigenvalue weighted by molar-refractivity contribution is -0.121. The number of amides is 1. The molecule has 9 heteroatoms. The quantitative estimate of drug-likeness (QED) is 0.238. The van der Waals surface area contributed by atoms with Gasteiger partial charge in [0.05, 0.1) is 22.8 Å².